The van der Waals surface area contributed by atoms with Gasteiger partial charge in [-0.05, 0) is 17.4 Å². The highest BCUT2D eigenvalue weighted by Gasteiger charge is 2.54. The van der Waals surface area contributed by atoms with Gasteiger partial charge in [-0.3, -0.25) is 0 Å². The molecule has 0 heterocycles. The van der Waals surface area contributed by atoms with Crippen LogP contribution in [0.25, 0.3) is 0 Å². The second-order valence-electron chi connectivity index (χ2n) is 5.29. The summed E-state index contributed by atoms with van der Waals surface area (Å²) in [6, 6.07) is 11.0. The molecule has 3 atom stereocenters. The summed E-state index contributed by atoms with van der Waals surface area (Å²) in [5, 5.41) is 1.59. The molecule has 0 N–H and O–H groups in total. The number of allylic oxidation sites excluding steroid dienone is 1. The van der Waals surface area contributed by atoms with Crippen LogP contribution in [0.2, 0.25) is 18.6 Å². The molecule has 1 fully saturated rings. The van der Waals surface area contributed by atoms with E-state index in [2.05, 4.69) is 63.0 Å². The van der Waals surface area contributed by atoms with Crippen LogP contribution in [-0.2, 0) is 0 Å². The molecule has 1 heteroatoms. The van der Waals surface area contributed by atoms with Gasteiger partial charge in [0.1, 0.15) is 0 Å². The second-order valence-corrected chi connectivity index (χ2v) is 9.97. The molecule has 1 saturated carbocycles. The molecule has 0 unspecified atom stereocenters. The lowest BCUT2D eigenvalue weighted by molar-refractivity contribution is 0.899. The molecule has 0 bridgehead atoms. The molecule has 0 aliphatic heterocycles. The van der Waals surface area contributed by atoms with Crippen LogP contribution >= 0.6 is 0 Å². The summed E-state index contributed by atoms with van der Waals surface area (Å²) in [6.07, 6.45) is 2.16. The molecular formula is C14H20Si. The monoisotopic (exact) mass is 216 g/mol. The van der Waals surface area contributed by atoms with E-state index in [-0.39, 0.29) is 0 Å². The predicted molar refractivity (Wildman–Crippen MR) is 70.2 cm³/mol. The first-order valence-electron chi connectivity index (χ1n) is 5.77. The second kappa shape index (κ2) is 3.64. The van der Waals surface area contributed by atoms with Crippen LogP contribution in [-0.4, -0.2) is 8.07 Å². The van der Waals surface area contributed by atoms with Crippen molar-refractivity contribution in [3.63, 3.8) is 0 Å². The van der Waals surface area contributed by atoms with Crippen molar-refractivity contribution in [3.05, 3.63) is 43.0 Å². The first-order chi connectivity index (χ1) is 7.09. The van der Waals surface area contributed by atoms with Gasteiger partial charge in [0.25, 0.3) is 0 Å². The van der Waals surface area contributed by atoms with Gasteiger partial charge in [-0.25, -0.2) is 0 Å². The van der Waals surface area contributed by atoms with Crippen molar-refractivity contribution < 1.29 is 0 Å². The maximum atomic E-state index is 3.95. The molecule has 0 saturated heterocycles. The Morgan fingerprint density at radius 1 is 1.20 bits per heavy atom. The fraction of sp³-hybridized carbons (Fsp3) is 0.429. The standard InChI is InChI=1S/C14H20Si/c1-5-13-11(2)14(13)15(3,4)12-9-7-6-8-10-12/h5-11,13-14H,1H2,2-4H3/t11-,13-,14-/m0/s1. The molecule has 0 amide bonds. The van der Waals surface area contributed by atoms with E-state index in [1.807, 2.05) is 0 Å². The maximum absolute atomic E-state index is 3.95. The molecule has 1 aliphatic carbocycles. The Bertz CT molecular complexity index is 353. The quantitative estimate of drug-likeness (QED) is 0.536. The van der Waals surface area contributed by atoms with Crippen LogP contribution in [0.5, 0.6) is 0 Å². The Hall–Kier alpha value is -0.823. The van der Waals surface area contributed by atoms with Crippen LogP contribution in [0.15, 0.2) is 43.0 Å². The highest BCUT2D eigenvalue weighted by Crippen LogP contribution is 2.57. The van der Waals surface area contributed by atoms with Crippen LogP contribution in [0.4, 0.5) is 0 Å². The molecule has 80 valence electrons. The first kappa shape index (κ1) is 10.7. The van der Waals surface area contributed by atoms with Crippen molar-refractivity contribution in [2.75, 3.05) is 0 Å². The minimum atomic E-state index is -1.26. The SMILES string of the molecule is C=C[C@H]1[C@H](C)[C@@H]1[Si](C)(C)c1ccccc1. The van der Waals surface area contributed by atoms with Crippen LogP contribution < -0.4 is 5.19 Å². The molecule has 1 aromatic rings. The number of rotatable bonds is 3. The summed E-state index contributed by atoms with van der Waals surface area (Å²) in [5.74, 6) is 1.62. The molecule has 1 aromatic carbocycles. The number of hydrogen-bond acceptors (Lipinski definition) is 0. The van der Waals surface area contributed by atoms with E-state index in [1.54, 1.807) is 5.19 Å². The predicted octanol–water partition coefficient (Wildman–Crippen LogP) is 3.42. The van der Waals surface area contributed by atoms with E-state index in [4.69, 9.17) is 0 Å². The lowest BCUT2D eigenvalue weighted by Gasteiger charge is -2.23. The van der Waals surface area contributed by atoms with Crippen molar-refractivity contribution in [2.45, 2.75) is 25.6 Å². The van der Waals surface area contributed by atoms with E-state index in [9.17, 15) is 0 Å². The van der Waals surface area contributed by atoms with Gasteiger partial charge in [0.05, 0.1) is 8.07 Å². The average molecular weight is 216 g/mol. The smallest absolute Gasteiger partial charge is 0.0845 e. The van der Waals surface area contributed by atoms with E-state index in [0.29, 0.717) is 0 Å². The van der Waals surface area contributed by atoms with Gasteiger partial charge < -0.3 is 0 Å². The van der Waals surface area contributed by atoms with E-state index in [1.165, 1.54) is 0 Å². The minimum absolute atomic E-state index is 0.770. The van der Waals surface area contributed by atoms with E-state index in [0.717, 1.165) is 17.4 Å². The van der Waals surface area contributed by atoms with Crippen molar-refractivity contribution in [1.82, 2.24) is 0 Å². The highest BCUT2D eigenvalue weighted by molar-refractivity contribution is 6.91. The molecule has 0 aromatic heterocycles. The summed E-state index contributed by atoms with van der Waals surface area (Å²) in [7, 11) is -1.26. The van der Waals surface area contributed by atoms with Crippen molar-refractivity contribution in [3.8, 4) is 0 Å². The first-order valence-corrected chi connectivity index (χ1v) is 8.85. The Morgan fingerprint density at radius 3 is 2.27 bits per heavy atom. The minimum Gasteiger partial charge on any atom is -0.103 e. The molecule has 2 rings (SSSR count). The van der Waals surface area contributed by atoms with Crippen LogP contribution in [0, 0.1) is 11.8 Å². The van der Waals surface area contributed by atoms with Gasteiger partial charge in [0.15, 0.2) is 0 Å². The third-order valence-corrected chi connectivity index (χ3v) is 8.47. The third kappa shape index (κ3) is 1.69. The summed E-state index contributed by atoms with van der Waals surface area (Å²) < 4.78 is 0. The number of benzene rings is 1. The zero-order chi connectivity index (χ0) is 11.1. The Balaban J connectivity index is 2.25. The van der Waals surface area contributed by atoms with Crippen molar-refractivity contribution in [1.29, 1.82) is 0 Å². The Morgan fingerprint density at radius 2 is 1.80 bits per heavy atom. The van der Waals surface area contributed by atoms with E-state index >= 15 is 0 Å². The Labute approximate surface area is 94.0 Å². The van der Waals surface area contributed by atoms with Crippen LogP contribution in [0.1, 0.15) is 6.92 Å². The van der Waals surface area contributed by atoms with Crippen LogP contribution in [0.3, 0.4) is 0 Å². The lowest BCUT2D eigenvalue weighted by Crippen LogP contribution is -2.42. The summed E-state index contributed by atoms with van der Waals surface area (Å²) in [5.41, 5.74) is 0.900. The molecule has 0 radical (unpaired) electrons. The zero-order valence-electron chi connectivity index (χ0n) is 9.90. The molecular weight excluding hydrogens is 196 g/mol. The van der Waals surface area contributed by atoms with Gasteiger partial charge in [0.2, 0.25) is 0 Å². The van der Waals surface area contributed by atoms with Gasteiger partial charge in [-0.2, -0.15) is 0 Å². The normalized spacial score (nSPS) is 29.9. The van der Waals surface area contributed by atoms with Gasteiger partial charge >= 0.3 is 0 Å². The lowest BCUT2D eigenvalue weighted by atomic mass is 10.3. The average Bonchev–Trinajstić information content (AvgIpc) is 2.91. The number of hydrogen-bond donors (Lipinski definition) is 0. The Kier molecular flexibility index (Phi) is 2.59. The molecule has 0 spiro atoms. The topological polar surface area (TPSA) is 0 Å². The largest absolute Gasteiger partial charge is 0.103 e. The molecule has 0 nitrogen and oxygen atoms in total. The summed E-state index contributed by atoms with van der Waals surface area (Å²) >= 11 is 0. The summed E-state index contributed by atoms with van der Waals surface area (Å²) in [6.45, 7) is 11.3. The van der Waals surface area contributed by atoms with E-state index < -0.39 is 8.07 Å². The fourth-order valence-electron chi connectivity index (χ4n) is 3.05. The molecule has 1 aliphatic rings. The van der Waals surface area contributed by atoms with Gasteiger partial charge in [-0.15, -0.1) is 6.58 Å². The van der Waals surface area contributed by atoms with Crippen molar-refractivity contribution in [2.24, 2.45) is 11.8 Å². The fourth-order valence-corrected chi connectivity index (χ4v) is 7.32. The molecule has 15 heavy (non-hydrogen) atoms. The van der Waals surface area contributed by atoms with Gasteiger partial charge in [-0.1, -0.05) is 61.6 Å². The maximum Gasteiger partial charge on any atom is 0.0845 e. The zero-order valence-corrected chi connectivity index (χ0v) is 10.9. The summed E-state index contributed by atoms with van der Waals surface area (Å²) in [4.78, 5) is 0. The van der Waals surface area contributed by atoms with Crippen molar-refractivity contribution >= 4 is 13.3 Å². The third-order valence-electron chi connectivity index (χ3n) is 4.07. The van der Waals surface area contributed by atoms with Gasteiger partial charge in [0, 0.05) is 0 Å². The highest BCUT2D eigenvalue weighted by atomic mass is 28.3.